The Morgan fingerprint density at radius 1 is 1.62 bits per heavy atom. The molecule has 4 heteroatoms. The first kappa shape index (κ1) is 11.6. The Morgan fingerprint density at radius 2 is 2.38 bits per heavy atom. The highest BCUT2D eigenvalue weighted by atomic mass is 16.5. The van der Waals surface area contributed by atoms with Gasteiger partial charge in [0.2, 0.25) is 0 Å². The number of nitrogens with one attached hydrogen (secondary N) is 2. The summed E-state index contributed by atoms with van der Waals surface area (Å²) < 4.78 is 5.44. The van der Waals surface area contributed by atoms with Crippen LogP contribution in [0.5, 0.6) is 0 Å². The second-order valence-corrected chi connectivity index (χ2v) is 5.23. The molecule has 16 heavy (non-hydrogen) atoms. The molecule has 1 aromatic rings. The fraction of sp³-hybridized carbons (Fsp3) is 0.750. The second-order valence-electron chi connectivity index (χ2n) is 5.23. The number of rotatable bonds is 4. The van der Waals surface area contributed by atoms with E-state index in [4.69, 9.17) is 4.74 Å². The number of aromatic nitrogens is 2. The van der Waals surface area contributed by atoms with Crippen molar-refractivity contribution in [2.24, 2.45) is 5.41 Å². The van der Waals surface area contributed by atoms with Gasteiger partial charge < -0.3 is 10.1 Å². The van der Waals surface area contributed by atoms with E-state index in [1.165, 1.54) is 0 Å². The molecule has 3 atom stereocenters. The van der Waals surface area contributed by atoms with E-state index < -0.39 is 0 Å². The van der Waals surface area contributed by atoms with E-state index in [0.29, 0.717) is 18.2 Å². The van der Waals surface area contributed by atoms with Crippen LogP contribution in [0.4, 0.5) is 0 Å². The predicted octanol–water partition coefficient (Wildman–Crippen LogP) is 1.87. The summed E-state index contributed by atoms with van der Waals surface area (Å²) in [5.41, 5.74) is 1.35. The summed E-state index contributed by atoms with van der Waals surface area (Å²) in [6.45, 7) is 6.66. The molecule has 1 aromatic heterocycles. The van der Waals surface area contributed by atoms with Crippen molar-refractivity contribution in [3.63, 3.8) is 0 Å². The molecule has 1 saturated carbocycles. The maximum absolute atomic E-state index is 5.44. The van der Waals surface area contributed by atoms with Crippen LogP contribution in [0.1, 0.15) is 38.9 Å². The van der Waals surface area contributed by atoms with E-state index in [1.807, 2.05) is 6.07 Å². The lowest BCUT2D eigenvalue weighted by atomic mass is 9.64. The molecule has 1 fully saturated rings. The van der Waals surface area contributed by atoms with Crippen molar-refractivity contribution < 1.29 is 4.74 Å². The van der Waals surface area contributed by atoms with Gasteiger partial charge in [-0.3, -0.25) is 5.10 Å². The van der Waals surface area contributed by atoms with Crippen molar-refractivity contribution >= 4 is 0 Å². The van der Waals surface area contributed by atoms with Gasteiger partial charge in [-0.2, -0.15) is 5.10 Å². The van der Waals surface area contributed by atoms with E-state index in [9.17, 15) is 0 Å². The summed E-state index contributed by atoms with van der Waals surface area (Å²) in [6.07, 6.45) is 3.25. The minimum absolute atomic E-state index is 0.211. The standard InChI is InChI=1S/C12H21N3O/c1-8(9-5-6-13-15-9)14-10-7-11(16-4)12(10,2)3/h5-6,8,10-11,14H,7H2,1-4H3,(H,13,15). The number of methoxy groups -OCH3 is 1. The first-order chi connectivity index (χ1) is 7.55. The third-order valence-corrected chi connectivity index (χ3v) is 3.90. The molecule has 0 amide bonds. The van der Waals surface area contributed by atoms with Gasteiger partial charge in [0.05, 0.1) is 11.8 Å². The van der Waals surface area contributed by atoms with Crippen LogP contribution in [0.3, 0.4) is 0 Å². The van der Waals surface area contributed by atoms with Crippen molar-refractivity contribution in [1.29, 1.82) is 0 Å². The minimum atomic E-state index is 0.211. The SMILES string of the molecule is COC1CC(NC(C)c2ccn[nH]2)C1(C)C. The van der Waals surface area contributed by atoms with E-state index in [1.54, 1.807) is 13.3 Å². The van der Waals surface area contributed by atoms with Crippen molar-refractivity contribution in [3.8, 4) is 0 Å². The summed E-state index contributed by atoms with van der Waals surface area (Å²) in [7, 11) is 1.79. The average molecular weight is 223 g/mol. The number of H-pyrrole nitrogens is 1. The van der Waals surface area contributed by atoms with Crippen LogP contribution in [-0.2, 0) is 4.74 Å². The van der Waals surface area contributed by atoms with Crippen LogP contribution >= 0.6 is 0 Å². The molecule has 90 valence electrons. The van der Waals surface area contributed by atoms with Gasteiger partial charge >= 0.3 is 0 Å². The Bertz CT molecular complexity index is 334. The molecule has 1 heterocycles. The summed E-state index contributed by atoms with van der Waals surface area (Å²) >= 11 is 0. The smallest absolute Gasteiger partial charge is 0.0652 e. The van der Waals surface area contributed by atoms with Gasteiger partial charge in [-0.25, -0.2) is 0 Å². The maximum atomic E-state index is 5.44. The first-order valence-electron chi connectivity index (χ1n) is 5.83. The summed E-state index contributed by atoms with van der Waals surface area (Å²) in [4.78, 5) is 0. The normalized spacial score (nSPS) is 29.8. The number of ether oxygens (including phenoxy) is 1. The zero-order valence-corrected chi connectivity index (χ0v) is 10.4. The Hall–Kier alpha value is -0.870. The zero-order valence-electron chi connectivity index (χ0n) is 10.4. The molecule has 0 bridgehead atoms. The topological polar surface area (TPSA) is 49.9 Å². The molecular weight excluding hydrogens is 202 g/mol. The van der Waals surface area contributed by atoms with E-state index in [0.717, 1.165) is 12.1 Å². The third kappa shape index (κ3) is 1.87. The molecule has 0 aliphatic heterocycles. The van der Waals surface area contributed by atoms with Gasteiger partial charge in [0.25, 0.3) is 0 Å². The van der Waals surface area contributed by atoms with Crippen LogP contribution in [0, 0.1) is 5.41 Å². The lowest BCUT2D eigenvalue weighted by Gasteiger charge is -2.52. The van der Waals surface area contributed by atoms with E-state index in [2.05, 4.69) is 36.3 Å². The highest BCUT2D eigenvalue weighted by Crippen LogP contribution is 2.43. The first-order valence-corrected chi connectivity index (χ1v) is 5.83. The van der Waals surface area contributed by atoms with Crippen molar-refractivity contribution in [3.05, 3.63) is 18.0 Å². The Morgan fingerprint density at radius 3 is 2.88 bits per heavy atom. The van der Waals surface area contributed by atoms with Gasteiger partial charge in [0.1, 0.15) is 0 Å². The van der Waals surface area contributed by atoms with E-state index >= 15 is 0 Å². The number of hydrogen-bond donors (Lipinski definition) is 2. The summed E-state index contributed by atoms with van der Waals surface area (Å²) in [5, 5.41) is 10.6. The van der Waals surface area contributed by atoms with Crippen LogP contribution in [0.2, 0.25) is 0 Å². The molecule has 1 aliphatic carbocycles. The average Bonchev–Trinajstić information content (AvgIpc) is 2.76. The quantitative estimate of drug-likeness (QED) is 0.819. The maximum Gasteiger partial charge on any atom is 0.0652 e. The Balaban J connectivity index is 1.92. The number of hydrogen-bond acceptors (Lipinski definition) is 3. The second kappa shape index (κ2) is 4.18. The number of nitrogens with zero attached hydrogens (tertiary/aromatic N) is 1. The lowest BCUT2D eigenvalue weighted by Crippen LogP contribution is -2.60. The predicted molar refractivity (Wildman–Crippen MR) is 63.1 cm³/mol. The minimum Gasteiger partial charge on any atom is -0.381 e. The van der Waals surface area contributed by atoms with Crippen molar-refractivity contribution in [1.82, 2.24) is 15.5 Å². The molecule has 0 spiro atoms. The van der Waals surface area contributed by atoms with Gasteiger partial charge in [-0.15, -0.1) is 0 Å². The molecule has 0 radical (unpaired) electrons. The van der Waals surface area contributed by atoms with Crippen LogP contribution in [-0.4, -0.2) is 29.5 Å². The molecule has 2 rings (SSSR count). The molecule has 1 aliphatic rings. The van der Waals surface area contributed by atoms with Gasteiger partial charge in [-0.1, -0.05) is 13.8 Å². The molecule has 4 nitrogen and oxygen atoms in total. The van der Waals surface area contributed by atoms with Crippen LogP contribution < -0.4 is 5.32 Å². The molecule has 0 saturated heterocycles. The van der Waals surface area contributed by atoms with Gasteiger partial charge in [0.15, 0.2) is 0 Å². The summed E-state index contributed by atoms with van der Waals surface area (Å²) in [6, 6.07) is 2.83. The fourth-order valence-electron chi connectivity index (χ4n) is 2.47. The number of aromatic amines is 1. The molecule has 0 aromatic carbocycles. The van der Waals surface area contributed by atoms with Crippen molar-refractivity contribution in [2.75, 3.05) is 7.11 Å². The molecular formula is C12H21N3O. The van der Waals surface area contributed by atoms with Gasteiger partial charge in [0, 0.05) is 30.8 Å². The molecule has 3 unspecified atom stereocenters. The lowest BCUT2D eigenvalue weighted by molar-refractivity contribution is -0.1000. The highest BCUT2D eigenvalue weighted by molar-refractivity contribution is 5.08. The van der Waals surface area contributed by atoms with Crippen LogP contribution in [0.15, 0.2) is 12.3 Å². The van der Waals surface area contributed by atoms with Crippen LogP contribution in [0.25, 0.3) is 0 Å². The van der Waals surface area contributed by atoms with E-state index in [-0.39, 0.29) is 5.41 Å². The summed E-state index contributed by atoms with van der Waals surface area (Å²) in [5.74, 6) is 0. The Kier molecular flexibility index (Phi) is 3.04. The fourth-order valence-corrected chi connectivity index (χ4v) is 2.47. The zero-order chi connectivity index (χ0) is 11.8. The highest BCUT2D eigenvalue weighted by Gasteiger charge is 2.48. The Labute approximate surface area is 96.8 Å². The largest absolute Gasteiger partial charge is 0.381 e. The van der Waals surface area contributed by atoms with Gasteiger partial charge in [-0.05, 0) is 19.4 Å². The van der Waals surface area contributed by atoms with Crippen molar-refractivity contribution in [2.45, 2.75) is 45.4 Å². The monoisotopic (exact) mass is 223 g/mol. The molecule has 2 N–H and O–H groups in total. The third-order valence-electron chi connectivity index (χ3n) is 3.90.